The number of esters is 4. The lowest BCUT2D eigenvalue weighted by Gasteiger charge is -2.19. The Morgan fingerprint density at radius 2 is 0.691 bits per heavy atom. The van der Waals surface area contributed by atoms with Crippen molar-refractivity contribution < 1.29 is 60.9 Å². The van der Waals surface area contributed by atoms with Crippen LogP contribution in [0.1, 0.15) is 223 Å². The number of nitrogen functional groups attached to an aromatic ring is 1. The molecule has 14 nitrogen and oxygen atoms in total. The summed E-state index contributed by atoms with van der Waals surface area (Å²) in [6.45, 7) is 8.41. The van der Waals surface area contributed by atoms with Crippen LogP contribution in [0, 0.1) is 0 Å². The first kappa shape index (κ1) is 58.8. The molecule has 0 spiro atoms. The van der Waals surface area contributed by atoms with Crippen molar-refractivity contribution in [2.45, 2.75) is 188 Å². The molecule has 0 atom stereocenters. The molecule has 68 heavy (non-hydrogen) atoms. The van der Waals surface area contributed by atoms with Gasteiger partial charge in [-0.3, -0.25) is 4.79 Å². The normalized spacial score (nSPS) is 11.2. The van der Waals surface area contributed by atoms with Gasteiger partial charge in [-0.15, -0.1) is 0 Å². The number of carbonyl (C=O) groups is 6. The summed E-state index contributed by atoms with van der Waals surface area (Å²) in [6.07, 6.45) is 16.3. The zero-order valence-electron chi connectivity index (χ0n) is 40.9. The third-order valence-electron chi connectivity index (χ3n) is 11.2. The Labute approximate surface area is 401 Å². The number of benzene rings is 2. The predicted octanol–water partition coefficient (Wildman–Crippen LogP) is 13.5. The van der Waals surface area contributed by atoms with Gasteiger partial charge >= 0.3 is 42.0 Å². The molecule has 382 valence electrons. The van der Waals surface area contributed by atoms with Crippen molar-refractivity contribution in [1.82, 2.24) is 0 Å². The average Bonchev–Trinajstić information content (AvgIpc) is 3.29. The highest BCUT2D eigenvalue weighted by Crippen LogP contribution is 2.31. The fourth-order valence-corrected chi connectivity index (χ4v) is 7.18. The van der Waals surface area contributed by atoms with Gasteiger partial charge in [0.05, 0.1) is 65.7 Å². The third kappa shape index (κ3) is 23.1. The van der Waals surface area contributed by atoms with E-state index in [1.807, 2.05) is 0 Å². The van der Waals surface area contributed by atoms with E-state index < -0.39 is 64.5 Å². The number of halogens is 3. The molecule has 0 bridgehead atoms. The van der Waals surface area contributed by atoms with Crippen LogP contribution in [0.3, 0.4) is 0 Å². The Morgan fingerprint density at radius 1 is 0.412 bits per heavy atom. The molecule has 0 aromatic heterocycles. The van der Waals surface area contributed by atoms with E-state index in [1.165, 1.54) is 0 Å². The highest BCUT2D eigenvalue weighted by atomic mass is 19.4. The van der Waals surface area contributed by atoms with Gasteiger partial charge in [0, 0.05) is 5.69 Å². The van der Waals surface area contributed by atoms with Gasteiger partial charge in [-0.25, -0.2) is 24.0 Å². The number of nitrogens with one attached hydrogen (secondary N) is 3. The number of anilines is 4. The molecule has 3 amide bonds. The molecule has 2 rings (SSSR count). The Morgan fingerprint density at radius 3 is 1.03 bits per heavy atom. The second-order valence-electron chi connectivity index (χ2n) is 17.1. The molecule has 17 heteroatoms. The number of hydrogen-bond donors (Lipinski definition) is 4. The van der Waals surface area contributed by atoms with Gasteiger partial charge in [0.1, 0.15) is 0 Å². The van der Waals surface area contributed by atoms with Crippen molar-refractivity contribution >= 4 is 58.6 Å². The molecule has 0 aliphatic carbocycles. The molecule has 0 saturated carbocycles. The van der Waals surface area contributed by atoms with Crippen LogP contribution in [0.15, 0.2) is 24.3 Å². The lowest BCUT2D eigenvalue weighted by molar-refractivity contribution is -0.167. The zero-order valence-corrected chi connectivity index (χ0v) is 40.9. The van der Waals surface area contributed by atoms with Crippen molar-refractivity contribution in [1.29, 1.82) is 0 Å². The quantitative estimate of drug-likeness (QED) is 0.0222. The van der Waals surface area contributed by atoms with E-state index in [-0.39, 0.29) is 48.9 Å². The smallest absolute Gasteiger partial charge is 0.462 e. The fourth-order valence-electron chi connectivity index (χ4n) is 7.18. The first-order chi connectivity index (χ1) is 32.7. The lowest BCUT2D eigenvalue weighted by atomic mass is 10.0. The Bertz CT molecular complexity index is 1870. The topological polar surface area (TPSA) is 201 Å². The maximum Gasteiger partial charge on any atom is 0.471 e. The molecule has 0 radical (unpaired) electrons. The Hall–Kier alpha value is -5.35. The van der Waals surface area contributed by atoms with Gasteiger partial charge in [0.25, 0.3) is 0 Å². The molecular formula is C51H77F3N4O10. The number of nitrogens with two attached hydrogens (primary N) is 1. The second-order valence-corrected chi connectivity index (χ2v) is 17.1. The van der Waals surface area contributed by atoms with E-state index in [0.717, 1.165) is 153 Å². The molecule has 0 aliphatic heterocycles. The number of ether oxygens (including phenoxy) is 4. The molecule has 2 aromatic carbocycles. The van der Waals surface area contributed by atoms with Crippen molar-refractivity contribution in [3.8, 4) is 0 Å². The van der Waals surface area contributed by atoms with Gasteiger partial charge in [-0.1, -0.05) is 156 Å². The van der Waals surface area contributed by atoms with Gasteiger partial charge in [-0.2, -0.15) is 13.2 Å². The van der Waals surface area contributed by atoms with E-state index in [4.69, 9.17) is 24.7 Å². The molecule has 0 aliphatic rings. The standard InChI is InChI=1S/C51H77F3N4O10/c1-5-9-13-17-21-25-29-65-45(59)37-33-38(46(60)66-30-26-22-18-14-10-6-2)42(35-41(37)55)57-50(64)58-44-36-43(56-49(63)51(52,53)54)39(47(61)67-31-27-23-19-15-11-7-3)34-40(44)48(62)68-32-28-24-20-16-12-8-4/h33-36H,5-32,55H2,1-4H3,(H,56,63)(H2,57,58,64). The largest absolute Gasteiger partial charge is 0.471 e. The summed E-state index contributed by atoms with van der Waals surface area (Å²) in [5, 5.41) is 6.53. The van der Waals surface area contributed by atoms with Gasteiger partial charge in [-0.05, 0) is 49.9 Å². The van der Waals surface area contributed by atoms with Crippen LogP contribution in [0.25, 0.3) is 0 Å². The molecule has 2 aromatic rings. The molecule has 0 saturated heterocycles. The highest BCUT2D eigenvalue weighted by molar-refractivity contribution is 6.12. The van der Waals surface area contributed by atoms with Gasteiger partial charge < -0.3 is 40.6 Å². The first-order valence-corrected chi connectivity index (χ1v) is 24.9. The van der Waals surface area contributed by atoms with E-state index in [0.29, 0.717) is 25.7 Å². The van der Waals surface area contributed by atoms with E-state index in [9.17, 15) is 41.9 Å². The number of rotatable bonds is 35. The minimum absolute atomic E-state index is 0.0435. The number of hydrogen-bond acceptors (Lipinski definition) is 11. The van der Waals surface area contributed by atoms with Crippen LogP contribution in [0.2, 0.25) is 0 Å². The number of urea groups is 1. The van der Waals surface area contributed by atoms with Crippen LogP contribution in [0.5, 0.6) is 0 Å². The van der Waals surface area contributed by atoms with Crippen LogP contribution >= 0.6 is 0 Å². The summed E-state index contributed by atoms with van der Waals surface area (Å²) in [4.78, 5) is 80.1. The van der Waals surface area contributed by atoms with Crippen molar-refractivity contribution in [3.05, 3.63) is 46.5 Å². The van der Waals surface area contributed by atoms with Crippen molar-refractivity contribution in [3.63, 3.8) is 0 Å². The summed E-state index contributed by atoms with van der Waals surface area (Å²) in [6, 6.07) is 2.89. The summed E-state index contributed by atoms with van der Waals surface area (Å²) in [5.41, 5.74) is 3.32. The highest BCUT2D eigenvalue weighted by Gasteiger charge is 2.39. The summed E-state index contributed by atoms with van der Waals surface area (Å²) < 4.78 is 62.8. The Balaban J connectivity index is 2.54. The predicted molar refractivity (Wildman–Crippen MR) is 259 cm³/mol. The summed E-state index contributed by atoms with van der Waals surface area (Å²) in [7, 11) is 0. The number of amides is 3. The lowest BCUT2D eigenvalue weighted by Crippen LogP contribution is -2.31. The maximum absolute atomic E-state index is 13.9. The van der Waals surface area contributed by atoms with Crippen molar-refractivity contribution in [2.24, 2.45) is 0 Å². The van der Waals surface area contributed by atoms with E-state index in [2.05, 4.69) is 38.3 Å². The average molecular weight is 963 g/mol. The number of carbonyl (C=O) groups excluding carboxylic acids is 6. The molecule has 0 fully saturated rings. The van der Waals surface area contributed by atoms with Crippen LogP contribution in [0.4, 0.5) is 40.7 Å². The van der Waals surface area contributed by atoms with E-state index in [1.54, 1.807) is 5.32 Å². The minimum Gasteiger partial charge on any atom is -0.462 e. The first-order valence-electron chi connectivity index (χ1n) is 24.9. The van der Waals surface area contributed by atoms with E-state index >= 15 is 0 Å². The monoisotopic (exact) mass is 963 g/mol. The number of unbranched alkanes of at least 4 members (excludes halogenated alkanes) is 20. The summed E-state index contributed by atoms with van der Waals surface area (Å²) in [5.74, 6) is -6.26. The van der Waals surface area contributed by atoms with Gasteiger partial charge in [0.15, 0.2) is 0 Å². The van der Waals surface area contributed by atoms with Gasteiger partial charge in [0.2, 0.25) is 0 Å². The molecular weight excluding hydrogens is 886 g/mol. The molecule has 0 unspecified atom stereocenters. The van der Waals surface area contributed by atoms with Crippen LogP contribution < -0.4 is 21.7 Å². The minimum atomic E-state index is -5.38. The molecule has 0 heterocycles. The zero-order chi connectivity index (χ0) is 50.2. The summed E-state index contributed by atoms with van der Waals surface area (Å²) >= 11 is 0. The van der Waals surface area contributed by atoms with Crippen LogP contribution in [-0.4, -0.2) is 68.4 Å². The Kier molecular flexibility index (Phi) is 29.4. The molecule has 5 N–H and O–H groups in total. The van der Waals surface area contributed by atoms with Crippen molar-refractivity contribution in [2.75, 3.05) is 48.1 Å². The second kappa shape index (κ2) is 34.0. The third-order valence-corrected chi connectivity index (χ3v) is 11.2. The van der Waals surface area contributed by atoms with Crippen LogP contribution in [-0.2, 0) is 23.7 Å². The maximum atomic E-state index is 13.9. The SMILES string of the molecule is CCCCCCCCOC(=O)c1cc(C(=O)OCCCCCCCC)c(NC(=O)Nc2cc(NC(=O)C(F)(F)F)c(C(=O)OCCCCCCCC)cc2C(=O)OCCCCCCCC)cc1N. The fraction of sp³-hybridized carbons (Fsp3) is 0.647. The number of alkyl halides is 3.